The lowest BCUT2D eigenvalue weighted by atomic mass is 9.90. The molecule has 12 rings (SSSR count). The maximum Gasteiger partial charge on any atom is 0.180 e. The monoisotopic (exact) mass is 705 g/mol. The topological polar surface area (TPSA) is 53.1 Å². The third-order valence-corrected chi connectivity index (χ3v) is 11.3. The van der Waals surface area contributed by atoms with Crippen molar-refractivity contribution in [1.82, 2.24) is 14.5 Å². The van der Waals surface area contributed by atoms with Crippen molar-refractivity contribution in [1.29, 1.82) is 0 Å². The highest BCUT2D eigenvalue weighted by molar-refractivity contribution is 6.14. The highest BCUT2D eigenvalue weighted by Gasteiger charge is 2.36. The molecule has 5 heteroatoms. The minimum absolute atomic E-state index is 0.0678. The molecular weight excluding hydrogens is 675 g/mol. The Morgan fingerprint density at radius 3 is 2.13 bits per heavy atom. The second-order valence-corrected chi connectivity index (χ2v) is 14.5. The van der Waals surface area contributed by atoms with Gasteiger partial charge in [0.1, 0.15) is 28.6 Å². The van der Waals surface area contributed by atoms with Crippen molar-refractivity contribution >= 4 is 54.6 Å². The SMILES string of the molecule is C1=CC2Oc3cc(-c4nc(-c5ccccc5)c5oc6ccc(-c7ccccc7)cc6c5n4)cc(-n4c5ccccc5c5cc6ccccc6cc54)c3C2C=C1. The van der Waals surface area contributed by atoms with Crippen LogP contribution in [0.1, 0.15) is 11.5 Å². The third kappa shape index (κ3) is 4.60. The first-order valence-corrected chi connectivity index (χ1v) is 18.7. The van der Waals surface area contributed by atoms with Gasteiger partial charge in [-0.1, -0.05) is 127 Å². The Bertz CT molecular complexity index is 3250. The normalized spacial score (nSPS) is 16.0. The number of hydrogen-bond donors (Lipinski definition) is 0. The predicted octanol–water partition coefficient (Wildman–Crippen LogP) is 12.6. The first kappa shape index (κ1) is 30.2. The van der Waals surface area contributed by atoms with Crippen LogP contribution in [-0.4, -0.2) is 20.6 Å². The van der Waals surface area contributed by atoms with Crippen LogP contribution in [-0.2, 0) is 0 Å². The van der Waals surface area contributed by atoms with E-state index in [9.17, 15) is 0 Å². The summed E-state index contributed by atoms with van der Waals surface area (Å²) in [7, 11) is 0. The number of allylic oxidation sites excluding steroid dienone is 2. The van der Waals surface area contributed by atoms with Crippen molar-refractivity contribution in [2.45, 2.75) is 12.0 Å². The third-order valence-electron chi connectivity index (χ3n) is 11.3. The second-order valence-electron chi connectivity index (χ2n) is 14.5. The van der Waals surface area contributed by atoms with Gasteiger partial charge >= 0.3 is 0 Å². The molecule has 2 unspecified atom stereocenters. The van der Waals surface area contributed by atoms with Crippen LogP contribution < -0.4 is 4.74 Å². The molecule has 2 atom stereocenters. The highest BCUT2D eigenvalue weighted by atomic mass is 16.5. The minimum atomic E-state index is -0.0968. The van der Waals surface area contributed by atoms with Crippen LogP contribution in [0.25, 0.3) is 94.1 Å². The summed E-state index contributed by atoms with van der Waals surface area (Å²) >= 11 is 0. The lowest BCUT2D eigenvalue weighted by Crippen LogP contribution is -2.16. The number of fused-ring (bicyclic) bond motifs is 10. The fourth-order valence-electron chi connectivity index (χ4n) is 8.75. The van der Waals surface area contributed by atoms with Gasteiger partial charge in [0.05, 0.1) is 16.7 Å². The zero-order valence-corrected chi connectivity index (χ0v) is 29.6. The van der Waals surface area contributed by atoms with Gasteiger partial charge in [-0.05, 0) is 70.4 Å². The van der Waals surface area contributed by atoms with Gasteiger partial charge in [0.25, 0.3) is 0 Å². The van der Waals surface area contributed by atoms with E-state index in [-0.39, 0.29) is 12.0 Å². The molecule has 0 fully saturated rings. The molecule has 0 bridgehead atoms. The van der Waals surface area contributed by atoms with Gasteiger partial charge < -0.3 is 13.7 Å². The number of hydrogen-bond acceptors (Lipinski definition) is 4. The van der Waals surface area contributed by atoms with E-state index in [0.717, 1.165) is 72.5 Å². The standard InChI is InChI=1S/C50H31N3O2/c1-3-13-30(14-4-1)34-23-24-44-39(26-34)48-49(55-44)47(31-15-5-2-6-16-31)51-50(52-48)35-28-42(46-37-20-10-12-22-43(37)54-45(46)29-35)53-40-21-11-9-19-36(40)38-25-32-17-7-8-18-33(32)27-41(38)53/h1-29,37,43H. The number of rotatable bonds is 4. The number of aromatic nitrogens is 3. The summed E-state index contributed by atoms with van der Waals surface area (Å²) < 4.78 is 15.8. The first-order valence-electron chi connectivity index (χ1n) is 18.7. The first-order chi connectivity index (χ1) is 27.2. The van der Waals surface area contributed by atoms with E-state index in [1.807, 2.05) is 30.3 Å². The zero-order chi connectivity index (χ0) is 36.0. The fraction of sp³-hybridized carbons (Fsp3) is 0.0400. The van der Waals surface area contributed by atoms with Gasteiger partial charge in [-0.2, -0.15) is 0 Å². The predicted molar refractivity (Wildman–Crippen MR) is 223 cm³/mol. The molecular formula is C50H31N3O2. The molecule has 0 radical (unpaired) electrons. The quantitative estimate of drug-likeness (QED) is 0.183. The summed E-state index contributed by atoms with van der Waals surface area (Å²) in [5.41, 5.74) is 11.6. The number of nitrogens with zero attached hydrogens (tertiary/aromatic N) is 3. The molecule has 5 nitrogen and oxygen atoms in total. The van der Waals surface area contributed by atoms with Crippen molar-refractivity contribution < 1.29 is 9.15 Å². The Morgan fingerprint density at radius 2 is 1.27 bits per heavy atom. The molecule has 4 heterocycles. The summed E-state index contributed by atoms with van der Waals surface area (Å²) in [5, 5.41) is 5.79. The summed E-state index contributed by atoms with van der Waals surface area (Å²) in [5.74, 6) is 1.52. The number of para-hydroxylation sites is 1. The van der Waals surface area contributed by atoms with Gasteiger partial charge in [-0.25, -0.2) is 9.97 Å². The van der Waals surface area contributed by atoms with E-state index in [4.69, 9.17) is 19.1 Å². The molecule has 0 spiro atoms. The van der Waals surface area contributed by atoms with Crippen LogP contribution in [0.5, 0.6) is 5.75 Å². The summed E-state index contributed by atoms with van der Waals surface area (Å²) in [4.78, 5) is 10.7. The lowest BCUT2D eigenvalue weighted by Gasteiger charge is -2.18. The van der Waals surface area contributed by atoms with Crippen LogP contribution in [0, 0.1) is 0 Å². The van der Waals surface area contributed by atoms with E-state index in [1.54, 1.807) is 0 Å². The molecule has 7 aromatic carbocycles. The van der Waals surface area contributed by atoms with Gasteiger partial charge in [0.15, 0.2) is 11.4 Å². The van der Waals surface area contributed by atoms with Crippen molar-refractivity contribution in [3.05, 3.63) is 182 Å². The Labute approximate surface area is 316 Å². The van der Waals surface area contributed by atoms with E-state index in [0.29, 0.717) is 11.4 Å². The largest absolute Gasteiger partial charge is 0.485 e. The highest BCUT2D eigenvalue weighted by Crippen LogP contribution is 2.49. The second kappa shape index (κ2) is 11.6. The van der Waals surface area contributed by atoms with Gasteiger partial charge in [0.2, 0.25) is 0 Å². The lowest BCUT2D eigenvalue weighted by molar-refractivity contribution is 0.269. The van der Waals surface area contributed by atoms with Crippen LogP contribution in [0.3, 0.4) is 0 Å². The van der Waals surface area contributed by atoms with Crippen LogP contribution in [0.4, 0.5) is 0 Å². The van der Waals surface area contributed by atoms with E-state index in [2.05, 4.69) is 150 Å². The van der Waals surface area contributed by atoms with Crippen molar-refractivity contribution in [3.63, 3.8) is 0 Å². The minimum Gasteiger partial charge on any atom is -0.485 e. The molecule has 0 saturated heterocycles. The van der Waals surface area contributed by atoms with E-state index >= 15 is 0 Å². The number of furan rings is 1. The van der Waals surface area contributed by atoms with Gasteiger partial charge in [-0.15, -0.1) is 0 Å². The van der Waals surface area contributed by atoms with Crippen LogP contribution in [0.2, 0.25) is 0 Å². The molecule has 1 aliphatic heterocycles. The Kier molecular flexibility index (Phi) is 6.39. The molecule has 2 aliphatic rings. The molecule has 55 heavy (non-hydrogen) atoms. The average Bonchev–Trinajstić information content (AvgIpc) is 3.92. The molecule has 10 aromatic rings. The summed E-state index contributed by atoms with van der Waals surface area (Å²) in [6.07, 6.45) is 8.54. The fourth-order valence-corrected chi connectivity index (χ4v) is 8.75. The van der Waals surface area contributed by atoms with Crippen molar-refractivity contribution in [3.8, 4) is 45.2 Å². The smallest absolute Gasteiger partial charge is 0.180 e. The molecule has 1 aliphatic carbocycles. The molecule has 3 aromatic heterocycles. The van der Waals surface area contributed by atoms with Crippen molar-refractivity contribution in [2.24, 2.45) is 0 Å². The van der Waals surface area contributed by atoms with E-state index in [1.165, 1.54) is 21.5 Å². The molecule has 0 saturated carbocycles. The molecule has 0 amide bonds. The Balaban J connectivity index is 1.16. The number of ether oxygens (including phenoxy) is 1. The van der Waals surface area contributed by atoms with Gasteiger partial charge in [-0.3, -0.25) is 0 Å². The van der Waals surface area contributed by atoms with Gasteiger partial charge in [0, 0.05) is 38.8 Å². The summed E-state index contributed by atoms with van der Waals surface area (Å²) in [6.45, 7) is 0. The van der Waals surface area contributed by atoms with Crippen molar-refractivity contribution in [2.75, 3.05) is 0 Å². The Morgan fingerprint density at radius 1 is 0.527 bits per heavy atom. The molecule has 258 valence electrons. The maximum absolute atomic E-state index is 6.80. The van der Waals surface area contributed by atoms with Crippen LogP contribution >= 0.6 is 0 Å². The Hall–Kier alpha value is -7.24. The zero-order valence-electron chi connectivity index (χ0n) is 29.6. The molecule has 0 N–H and O–H groups in total. The average molecular weight is 706 g/mol. The van der Waals surface area contributed by atoms with Crippen LogP contribution in [0.15, 0.2) is 180 Å². The number of benzene rings is 7. The summed E-state index contributed by atoms with van der Waals surface area (Å²) in [6, 6.07) is 53.4. The van der Waals surface area contributed by atoms with E-state index < -0.39 is 0 Å². The maximum atomic E-state index is 6.80.